The lowest BCUT2D eigenvalue weighted by Crippen LogP contribution is -2.55. The number of carbonyl (C=O) groups excluding carboxylic acids is 2. The first kappa shape index (κ1) is 22.4. The fraction of sp³-hybridized carbons (Fsp3) is 0.609. The number of hydrogen-bond donors (Lipinski definition) is 1. The van der Waals surface area contributed by atoms with Crippen molar-refractivity contribution in [3.8, 4) is 11.4 Å². The van der Waals surface area contributed by atoms with Gasteiger partial charge in [-0.05, 0) is 62.1 Å². The third-order valence-corrected chi connectivity index (χ3v) is 6.59. The molecule has 0 bridgehead atoms. The Labute approximate surface area is 187 Å². The number of amides is 2. The van der Waals surface area contributed by atoms with Crippen LogP contribution in [0, 0.1) is 5.82 Å². The Morgan fingerprint density at radius 3 is 2.44 bits per heavy atom. The van der Waals surface area contributed by atoms with Crippen LogP contribution < -0.4 is 5.32 Å². The van der Waals surface area contributed by atoms with Crippen LogP contribution in [-0.4, -0.2) is 55.0 Å². The molecule has 2 fully saturated rings. The van der Waals surface area contributed by atoms with Gasteiger partial charge in [-0.3, -0.25) is 9.59 Å². The summed E-state index contributed by atoms with van der Waals surface area (Å²) in [5.74, 6) is -0.290. The van der Waals surface area contributed by atoms with Gasteiger partial charge >= 0.3 is 0 Å². The molecule has 1 atom stereocenters. The Morgan fingerprint density at radius 2 is 1.75 bits per heavy atom. The maximum absolute atomic E-state index is 13.4. The van der Waals surface area contributed by atoms with Gasteiger partial charge in [0.15, 0.2) is 0 Å². The van der Waals surface area contributed by atoms with Gasteiger partial charge in [0.05, 0.1) is 0 Å². The number of nitrogens with zero attached hydrogens (tertiary/aromatic N) is 5. The number of carbonyl (C=O) groups is 2. The van der Waals surface area contributed by atoms with Crippen molar-refractivity contribution in [2.24, 2.45) is 0 Å². The molecule has 1 heterocycles. The summed E-state index contributed by atoms with van der Waals surface area (Å²) < 4.78 is 13.2. The molecule has 0 aliphatic heterocycles. The minimum atomic E-state index is -0.550. The molecule has 2 aliphatic rings. The molecule has 172 valence electrons. The summed E-state index contributed by atoms with van der Waals surface area (Å²) in [5, 5.41) is 15.4. The van der Waals surface area contributed by atoms with E-state index in [1.807, 2.05) is 6.92 Å². The van der Waals surface area contributed by atoms with Gasteiger partial charge in [0.2, 0.25) is 17.6 Å². The number of tetrazole rings is 1. The zero-order chi connectivity index (χ0) is 22.5. The van der Waals surface area contributed by atoms with Crippen molar-refractivity contribution in [3.63, 3.8) is 0 Å². The second-order valence-electron chi connectivity index (χ2n) is 8.91. The summed E-state index contributed by atoms with van der Waals surface area (Å²) in [5.41, 5.74) is 0.624. The Balaban J connectivity index is 1.47. The molecule has 2 saturated carbocycles. The molecule has 8 nitrogen and oxygen atoms in total. The van der Waals surface area contributed by atoms with Crippen molar-refractivity contribution in [3.05, 3.63) is 30.1 Å². The molecule has 1 N–H and O–H groups in total. The minimum absolute atomic E-state index is 0.0423. The van der Waals surface area contributed by atoms with Crippen molar-refractivity contribution in [1.82, 2.24) is 30.4 Å². The molecular weight excluding hydrogens is 411 g/mol. The van der Waals surface area contributed by atoms with Gasteiger partial charge in [-0.2, -0.15) is 4.80 Å². The van der Waals surface area contributed by atoms with Crippen LogP contribution in [0.5, 0.6) is 0 Å². The average Bonchev–Trinajstić information content (AvgIpc) is 3.47. The lowest BCUT2D eigenvalue weighted by Gasteiger charge is -2.38. The summed E-state index contributed by atoms with van der Waals surface area (Å²) in [6, 6.07) is 5.51. The highest BCUT2D eigenvalue weighted by atomic mass is 19.1. The molecule has 2 aromatic rings. The number of benzene rings is 1. The second kappa shape index (κ2) is 10.2. The third-order valence-electron chi connectivity index (χ3n) is 6.59. The Morgan fingerprint density at radius 1 is 1.09 bits per heavy atom. The summed E-state index contributed by atoms with van der Waals surface area (Å²) in [6.45, 7) is 1.72. The smallest absolute Gasteiger partial charge is 0.247 e. The normalized spacial score (nSPS) is 18.4. The highest BCUT2D eigenvalue weighted by Gasteiger charge is 2.34. The van der Waals surface area contributed by atoms with Gasteiger partial charge in [-0.25, -0.2) is 4.39 Å². The lowest BCUT2D eigenvalue weighted by atomic mass is 9.93. The van der Waals surface area contributed by atoms with E-state index in [1.54, 1.807) is 17.0 Å². The van der Waals surface area contributed by atoms with Crippen molar-refractivity contribution in [2.45, 2.75) is 89.4 Å². The summed E-state index contributed by atoms with van der Waals surface area (Å²) >= 11 is 0. The van der Waals surface area contributed by atoms with Gasteiger partial charge in [-0.1, -0.05) is 32.1 Å². The van der Waals surface area contributed by atoms with Gasteiger partial charge in [-0.15, -0.1) is 10.2 Å². The van der Waals surface area contributed by atoms with Crippen LogP contribution in [0.3, 0.4) is 0 Å². The largest absolute Gasteiger partial charge is 0.352 e. The van der Waals surface area contributed by atoms with Crippen molar-refractivity contribution in [2.75, 3.05) is 0 Å². The van der Waals surface area contributed by atoms with Crippen molar-refractivity contribution >= 4 is 11.8 Å². The topological polar surface area (TPSA) is 93.0 Å². The van der Waals surface area contributed by atoms with E-state index in [-0.39, 0.29) is 36.3 Å². The van der Waals surface area contributed by atoms with Crippen LogP contribution in [0.25, 0.3) is 11.4 Å². The Kier molecular flexibility index (Phi) is 7.12. The fourth-order valence-corrected chi connectivity index (χ4v) is 4.84. The average molecular weight is 443 g/mol. The fourth-order valence-electron chi connectivity index (χ4n) is 4.84. The zero-order valence-electron chi connectivity index (χ0n) is 18.5. The van der Waals surface area contributed by atoms with E-state index < -0.39 is 6.04 Å². The Hall–Kier alpha value is -2.84. The molecule has 2 aliphatic carbocycles. The molecule has 4 rings (SSSR count). The lowest BCUT2D eigenvalue weighted by molar-refractivity contribution is -0.144. The summed E-state index contributed by atoms with van der Waals surface area (Å²) in [6.07, 6.45) is 9.36. The first-order valence-corrected chi connectivity index (χ1v) is 11.7. The van der Waals surface area contributed by atoms with Gasteiger partial charge in [0.25, 0.3) is 0 Å². The van der Waals surface area contributed by atoms with Crippen LogP contribution in [-0.2, 0) is 16.1 Å². The second-order valence-corrected chi connectivity index (χ2v) is 8.91. The monoisotopic (exact) mass is 442 g/mol. The Bertz CT molecular complexity index is 919. The molecular formula is C23H31FN6O2. The minimum Gasteiger partial charge on any atom is -0.352 e. The van der Waals surface area contributed by atoms with Gasteiger partial charge < -0.3 is 10.2 Å². The van der Waals surface area contributed by atoms with Crippen LogP contribution in [0.1, 0.15) is 64.7 Å². The molecule has 1 aromatic heterocycles. The van der Waals surface area contributed by atoms with Gasteiger partial charge in [0, 0.05) is 17.6 Å². The number of aromatic nitrogens is 4. The highest BCUT2D eigenvalue weighted by molar-refractivity contribution is 5.87. The number of rotatable bonds is 7. The molecule has 0 saturated heterocycles. The first-order chi connectivity index (χ1) is 15.5. The van der Waals surface area contributed by atoms with Gasteiger partial charge in [0.1, 0.15) is 18.4 Å². The summed E-state index contributed by atoms with van der Waals surface area (Å²) in [4.78, 5) is 29.3. The quantitative estimate of drug-likeness (QED) is 0.711. The predicted molar refractivity (Wildman–Crippen MR) is 117 cm³/mol. The van der Waals surface area contributed by atoms with E-state index >= 15 is 0 Å². The van der Waals surface area contributed by atoms with E-state index in [0.717, 1.165) is 57.8 Å². The van der Waals surface area contributed by atoms with Crippen LogP contribution in [0.15, 0.2) is 24.3 Å². The maximum Gasteiger partial charge on any atom is 0.247 e. The molecule has 0 radical (unpaired) electrons. The van der Waals surface area contributed by atoms with Crippen molar-refractivity contribution < 1.29 is 14.0 Å². The van der Waals surface area contributed by atoms with E-state index in [4.69, 9.17) is 0 Å². The number of nitrogens with one attached hydrogen (secondary N) is 1. The van der Waals surface area contributed by atoms with E-state index in [0.29, 0.717) is 11.4 Å². The molecule has 1 unspecified atom stereocenters. The van der Waals surface area contributed by atoms with Crippen molar-refractivity contribution in [1.29, 1.82) is 0 Å². The van der Waals surface area contributed by atoms with Crippen LogP contribution in [0.4, 0.5) is 4.39 Å². The van der Waals surface area contributed by atoms with E-state index in [2.05, 4.69) is 20.7 Å². The van der Waals surface area contributed by atoms with E-state index in [9.17, 15) is 14.0 Å². The molecule has 1 aromatic carbocycles. The van der Waals surface area contributed by atoms with Crippen LogP contribution in [0.2, 0.25) is 0 Å². The maximum atomic E-state index is 13.4. The molecule has 2 amide bonds. The zero-order valence-corrected chi connectivity index (χ0v) is 18.5. The molecule has 32 heavy (non-hydrogen) atoms. The first-order valence-electron chi connectivity index (χ1n) is 11.7. The number of hydrogen-bond acceptors (Lipinski definition) is 5. The highest BCUT2D eigenvalue weighted by Crippen LogP contribution is 2.25. The molecule has 9 heteroatoms. The van der Waals surface area contributed by atoms with Crippen LogP contribution >= 0.6 is 0 Å². The standard InChI is InChI=1S/C23H31FN6O2/c1-16(23(32)25-19-7-5-6-8-19)30(20-9-3-2-4-10-20)21(31)15-29-27-22(26-28-29)17-11-13-18(24)14-12-17/h11-14,16,19-20H,2-10,15H2,1H3,(H,25,32). The third kappa shape index (κ3) is 5.31. The summed E-state index contributed by atoms with van der Waals surface area (Å²) in [7, 11) is 0. The molecule has 0 spiro atoms. The van der Waals surface area contributed by atoms with E-state index in [1.165, 1.54) is 16.9 Å². The SMILES string of the molecule is CC(C(=O)NC1CCCC1)N(C(=O)Cn1nnc(-c2ccc(F)cc2)n1)C1CCCCC1. The number of halogens is 1. The predicted octanol–water partition coefficient (Wildman–Crippen LogP) is 3.09.